The zero-order chi connectivity index (χ0) is 27.8. The Labute approximate surface area is 226 Å². The maximum atomic E-state index is 5.71. The van der Waals surface area contributed by atoms with E-state index >= 15 is 0 Å². The van der Waals surface area contributed by atoms with Gasteiger partial charge >= 0.3 is 0 Å². The van der Waals surface area contributed by atoms with Gasteiger partial charge in [0, 0.05) is 55.2 Å². The molecular formula is C35H40N2. The van der Waals surface area contributed by atoms with Crippen molar-refractivity contribution in [3.63, 3.8) is 0 Å². The summed E-state index contributed by atoms with van der Waals surface area (Å²) in [5.74, 6) is 8.06. The summed E-state index contributed by atoms with van der Waals surface area (Å²) in [4.78, 5) is 4.45. The Morgan fingerprint density at radius 3 is 1.68 bits per heavy atom. The van der Waals surface area contributed by atoms with Gasteiger partial charge in [-0.2, -0.15) is 0 Å². The van der Waals surface area contributed by atoms with Crippen LogP contribution in [0.1, 0.15) is 61.1 Å². The number of benzene rings is 3. The lowest BCUT2D eigenvalue weighted by atomic mass is 10.0. The van der Waals surface area contributed by atoms with Crippen molar-refractivity contribution in [1.29, 1.82) is 0 Å². The maximum Gasteiger partial charge on any atom is 0.0438 e. The van der Waals surface area contributed by atoms with Crippen LogP contribution in [0.25, 0.3) is 0 Å². The van der Waals surface area contributed by atoms with Crippen molar-refractivity contribution in [3.05, 3.63) is 106 Å². The van der Waals surface area contributed by atoms with Gasteiger partial charge in [0.2, 0.25) is 0 Å². The summed E-state index contributed by atoms with van der Waals surface area (Å²) >= 11 is 0. The fourth-order valence-corrected chi connectivity index (χ4v) is 3.54. The Kier molecular flexibility index (Phi) is 13.6. The largest absolute Gasteiger partial charge is 0.370 e. The van der Waals surface area contributed by atoms with Gasteiger partial charge in [-0.3, -0.25) is 0 Å². The van der Waals surface area contributed by atoms with Gasteiger partial charge in [-0.05, 0) is 79.9 Å². The second kappa shape index (κ2) is 16.4. The van der Waals surface area contributed by atoms with E-state index < -0.39 is 0 Å². The molecule has 2 heteroatoms. The van der Waals surface area contributed by atoms with Crippen LogP contribution in [-0.4, -0.2) is 14.1 Å². The fraction of sp³-hybridized carbons (Fsp3) is 0.257. The van der Waals surface area contributed by atoms with Crippen molar-refractivity contribution in [2.45, 2.75) is 47.7 Å². The van der Waals surface area contributed by atoms with E-state index in [1.54, 1.807) is 0 Å². The highest BCUT2D eigenvalue weighted by atomic mass is 15.1. The van der Waals surface area contributed by atoms with Gasteiger partial charge in [0.1, 0.15) is 0 Å². The Balaban J connectivity index is 0.00000104. The summed E-state index contributed by atoms with van der Waals surface area (Å²) in [6.07, 6.45) is 20.7. The third-order valence-corrected chi connectivity index (χ3v) is 5.64. The Bertz CT molecular complexity index is 1270. The second-order valence-corrected chi connectivity index (χ2v) is 8.41. The number of allylic oxidation sites excluding steroid dienone is 2. The molecule has 37 heavy (non-hydrogen) atoms. The topological polar surface area (TPSA) is 6.48 Å². The predicted molar refractivity (Wildman–Crippen MR) is 164 cm³/mol. The highest BCUT2D eigenvalue weighted by molar-refractivity contribution is 5.62. The van der Waals surface area contributed by atoms with Crippen LogP contribution in [0.5, 0.6) is 0 Å². The minimum Gasteiger partial charge on any atom is -0.370 e. The molecule has 0 unspecified atom stereocenters. The van der Waals surface area contributed by atoms with Crippen molar-refractivity contribution >= 4 is 11.4 Å². The van der Waals surface area contributed by atoms with Gasteiger partial charge in [-0.15, -0.1) is 19.3 Å². The molecule has 0 spiro atoms. The number of terminal acetylenes is 3. The number of aryl methyl sites for hydroxylation is 1. The average molecular weight is 489 g/mol. The molecule has 0 bridgehead atoms. The minimum absolute atomic E-state index is 0.699. The van der Waals surface area contributed by atoms with Crippen LogP contribution in [0.15, 0.2) is 72.8 Å². The van der Waals surface area contributed by atoms with Crippen LogP contribution in [0.3, 0.4) is 0 Å². The summed E-state index contributed by atoms with van der Waals surface area (Å²) in [6.45, 7) is 11.6. The van der Waals surface area contributed by atoms with Crippen LogP contribution in [0.2, 0.25) is 0 Å². The highest BCUT2D eigenvalue weighted by Gasteiger charge is 2.10. The second-order valence-electron chi connectivity index (χ2n) is 8.41. The number of hydrogen-bond acceptors (Lipinski definition) is 2. The maximum absolute atomic E-state index is 5.71. The van der Waals surface area contributed by atoms with Gasteiger partial charge in [0.05, 0.1) is 0 Å². The Hall–Kier alpha value is -4.32. The summed E-state index contributed by atoms with van der Waals surface area (Å²) in [5, 5.41) is 0. The van der Waals surface area contributed by atoms with Crippen molar-refractivity contribution in [1.82, 2.24) is 0 Å². The molecule has 3 aromatic carbocycles. The van der Waals surface area contributed by atoms with Gasteiger partial charge in [0.15, 0.2) is 0 Å². The number of hydrogen-bond donors (Lipinski definition) is 0. The summed E-state index contributed by atoms with van der Waals surface area (Å²) in [7, 11) is 4.18. The first-order valence-electron chi connectivity index (χ1n) is 12.6. The van der Waals surface area contributed by atoms with Crippen molar-refractivity contribution in [2.24, 2.45) is 0 Å². The quantitative estimate of drug-likeness (QED) is 0.258. The monoisotopic (exact) mass is 488 g/mol. The lowest BCUT2D eigenvalue weighted by Gasteiger charge is -2.25. The minimum atomic E-state index is 0.699. The standard InChI is InChI=1S/C29H26N2.C4H8.C2H6/c1-7-23-10-12-25(13-11-23)20-30(5)28-16-22(4)17-29(19-28)31(6)21-27-15-14-24(8-2)18-26(27)9-3;1-3-4-2;1-2/h1-3,10-19H,20-21H2,4-6H3;3-4H,1-2H3;1-2H3/b;4-3-;. The van der Waals surface area contributed by atoms with E-state index in [1.807, 2.05) is 70.2 Å². The third-order valence-electron chi connectivity index (χ3n) is 5.64. The molecule has 0 amide bonds. The van der Waals surface area contributed by atoms with E-state index in [1.165, 1.54) is 11.1 Å². The smallest absolute Gasteiger partial charge is 0.0438 e. The summed E-state index contributed by atoms with van der Waals surface area (Å²) in [6, 6.07) is 20.5. The average Bonchev–Trinajstić information content (AvgIpc) is 2.94. The fourth-order valence-electron chi connectivity index (χ4n) is 3.54. The van der Waals surface area contributed by atoms with E-state index in [0.717, 1.165) is 40.2 Å². The van der Waals surface area contributed by atoms with Crippen molar-refractivity contribution in [2.75, 3.05) is 23.9 Å². The van der Waals surface area contributed by atoms with E-state index in [-0.39, 0.29) is 0 Å². The third kappa shape index (κ3) is 9.68. The van der Waals surface area contributed by atoms with Crippen LogP contribution < -0.4 is 9.80 Å². The van der Waals surface area contributed by atoms with Gasteiger partial charge < -0.3 is 9.80 Å². The lowest BCUT2D eigenvalue weighted by molar-refractivity contribution is 0.903. The van der Waals surface area contributed by atoms with Gasteiger partial charge in [-0.25, -0.2) is 0 Å². The molecular weight excluding hydrogens is 448 g/mol. The molecule has 0 aliphatic rings. The highest BCUT2D eigenvalue weighted by Crippen LogP contribution is 2.26. The predicted octanol–water partition coefficient (Wildman–Crippen LogP) is 7.82. The molecule has 0 radical (unpaired) electrons. The molecule has 0 aromatic heterocycles. The number of nitrogens with zero attached hydrogens (tertiary/aromatic N) is 2. The van der Waals surface area contributed by atoms with E-state index in [4.69, 9.17) is 19.3 Å². The number of rotatable bonds is 6. The first-order chi connectivity index (χ1) is 17.8. The first kappa shape index (κ1) is 30.7. The normalized spacial score (nSPS) is 9.51. The SMILES string of the molecule is C#Cc1ccc(CN(C)c2cc(C)cc(N(C)Cc3ccc(C#C)cc3C#C)c2)cc1.C/C=C\C.CC. The molecule has 0 aliphatic heterocycles. The lowest BCUT2D eigenvalue weighted by Crippen LogP contribution is -2.20. The van der Waals surface area contributed by atoms with Crippen molar-refractivity contribution < 1.29 is 0 Å². The molecule has 0 saturated carbocycles. The van der Waals surface area contributed by atoms with E-state index in [9.17, 15) is 0 Å². The number of anilines is 2. The molecule has 0 aliphatic carbocycles. The first-order valence-corrected chi connectivity index (χ1v) is 12.6. The molecule has 0 heterocycles. The van der Waals surface area contributed by atoms with Crippen LogP contribution in [-0.2, 0) is 13.1 Å². The van der Waals surface area contributed by atoms with E-state index in [0.29, 0.717) is 6.54 Å². The van der Waals surface area contributed by atoms with Gasteiger partial charge in [0.25, 0.3) is 0 Å². The zero-order valence-corrected chi connectivity index (χ0v) is 23.5. The van der Waals surface area contributed by atoms with Crippen molar-refractivity contribution in [3.8, 4) is 37.0 Å². The summed E-state index contributed by atoms with van der Waals surface area (Å²) in [5.41, 5.74) is 8.31. The molecule has 0 saturated heterocycles. The van der Waals surface area contributed by atoms with E-state index in [2.05, 4.69) is 78.9 Å². The molecule has 2 nitrogen and oxygen atoms in total. The van der Waals surface area contributed by atoms with Gasteiger partial charge in [-0.1, -0.05) is 62.0 Å². The Morgan fingerprint density at radius 2 is 1.19 bits per heavy atom. The molecule has 0 fully saturated rings. The Morgan fingerprint density at radius 1 is 0.676 bits per heavy atom. The molecule has 0 N–H and O–H groups in total. The molecule has 3 rings (SSSR count). The summed E-state index contributed by atoms with van der Waals surface area (Å²) < 4.78 is 0. The zero-order valence-electron chi connectivity index (χ0n) is 23.5. The molecule has 3 aromatic rings. The van der Waals surface area contributed by atoms with Crippen LogP contribution >= 0.6 is 0 Å². The van der Waals surface area contributed by atoms with Crippen LogP contribution in [0, 0.1) is 44.0 Å². The van der Waals surface area contributed by atoms with Crippen LogP contribution in [0.4, 0.5) is 11.4 Å². The molecule has 0 atom stereocenters. The molecule has 190 valence electrons.